The minimum Gasteiger partial charge on any atom is -0.496 e. The third-order valence-corrected chi connectivity index (χ3v) is 6.26. The van der Waals surface area contributed by atoms with E-state index in [-0.39, 0.29) is 23.8 Å². The smallest absolute Gasteiger partial charge is 0.307 e. The second kappa shape index (κ2) is 12.3. The zero-order valence-electron chi connectivity index (χ0n) is 22.3. The van der Waals surface area contributed by atoms with Crippen molar-refractivity contribution in [3.05, 3.63) is 82.0 Å². The van der Waals surface area contributed by atoms with Crippen molar-refractivity contribution in [3.63, 3.8) is 0 Å². The average molecular weight is 506 g/mol. The van der Waals surface area contributed by atoms with E-state index >= 15 is 0 Å². The number of benzene rings is 1. The van der Waals surface area contributed by atoms with Crippen molar-refractivity contribution < 1.29 is 19.1 Å². The Balaban J connectivity index is 2.01. The SMILES string of the molecule is COC(=O)C[C@H](NC(=O)C(CC(C)C)n1ccc(C)cc1=O)c1cncc(-c2c(C)cccc2OC)c1. The molecule has 3 aromatic rings. The van der Waals surface area contributed by atoms with Gasteiger partial charge >= 0.3 is 5.97 Å². The normalized spacial score (nSPS) is 12.6. The first-order valence-electron chi connectivity index (χ1n) is 12.3. The molecular formula is C29H35N3O5. The number of aromatic nitrogens is 2. The lowest BCUT2D eigenvalue weighted by molar-refractivity contribution is -0.141. The molecule has 2 aromatic heterocycles. The van der Waals surface area contributed by atoms with Crippen LogP contribution >= 0.6 is 0 Å². The number of pyridine rings is 2. The van der Waals surface area contributed by atoms with Gasteiger partial charge in [-0.15, -0.1) is 0 Å². The molecule has 1 aromatic carbocycles. The molecule has 0 fully saturated rings. The number of methoxy groups -OCH3 is 2. The number of carbonyl (C=O) groups is 2. The first kappa shape index (κ1) is 27.6. The van der Waals surface area contributed by atoms with E-state index in [2.05, 4.69) is 10.3 Å². The summed E-state index contributed by atoms with van der Waals surface area (Å²) in [4.78, 5) is 43.1. The molecule has 0 bridgehead atoms. The Kier molecular flexibility index (Phi) is 9.22. The first-order chi connectivity index (χ1) is 17.6. The highest BCUT2D eigenvalue weighted by atomic mass is 16.5. The van der Waals surface area contributed by atoms with Crippen LogP contribution in [0.15, 0.2) is 59.8 Å². The van der Waals surface area contributed by atoms with E-state index in [1.165, 1.54) is 17.7 Å². The van der Waals surface area contributed by atoms with Gasteiger partial charge in [0.1, 0.15) is 11.8 Å². The van der Waals surface area contributed by atoms with Crippen LogP contribution in [0.3, 0.4) is 0 Å². The van der Waals surface area contributed by atoms with Crippen LogP contribution in [0.5, 0.6) is 5.75 Å². The van der Waals surface area contributed by atoms with Crippen molar-refractivity contribution in [1.82, 2.24) is 14.9 Å². The second-order valence-electron chi connectivity index (χ2n) is 9.60. The molecule has 1 amide bonds. The summed E-state index contributed by atoms with van der Waals surface area (Å²) in [5.41, 5.74) is 3.89. The topological polar surface area (TPSA) is 99.5 Å². The van der Waals surface area contributed by atoms with E-state index in [0.29, 0.717) is 17.7 Å². The molecule has 0 aliphatic rings. The predicted molar refractivity (Wildman–Crippen MR) is 142 cm³/mol. The molecule has 0 spiro atoms. The van der Waals surface area contributed by atoms with Crippen LogP contribution in [0.4, 0.5) is 0 Å². The molecule has 2 heterocycles. The summed E-state index contributed by atoms with van der Waals surface area (Å²) in [5, 5.41) is 3.00. The molecule has 0 aliphatic carbocycles. The summed E-state index contributed by atoms with van der Waals surface area (Å²) in [5.74, 6) is 0.0225. The number of ether oxygens (including phenoxy) is 2. The van der Waals surface area contributed by atoms with Crippen molar-refractivity contribution in [2.24, 2.45) is 5.92 Å². The van der Waals surface area contributed by atoms with E-state index in [9.17, 15) is 14.4 Å². The molecule has 0 saturated heterocycles. The number of carbonyl (C=O) groups excluding carboxylic acids is 2. The van der Waals surface area contributed by atoms with Crippen LogP contribution in [-0.4, -0.2) is 35.6 Å². The van der Waals surface area contributed by atoms with Gasteiger partial charge in [0.2, 0.25) is 5.91 Å². The van der Waals surface area contributed by atoms with E-state index in [1.54, 1.807) is 31.8 Å². The maximum absolute atomic E-state index is 13.6. The van der Waals surface area contributed by atoms with Crippen molar-refractivity contribution >= 4 is 11.9 Å². The van der Waals surface area contributed by atoms with Gasteiger partial charge in [0.05, 0.1) is 26.7 Å². The molecule has 1 N–H and O–H groups in total. The molecule has 3 rings (SSSR count). The molecular weight excluding hydrogens is 470 g/mol. The maximum Gasteiger partial charge on any atom is 0.307 e. The summed E-state index contributed by atoms with van der Waals surface area (Å²) in [6, 6.07) is 9.52. The number of hydrogen-bond acceptors (Lipinski definition) is 6. The zero-order valence-corrected chi connectivity index (χ0v) is 22.3. The second-order valence-corrected chi connectivity index (χ2v) is 9.60. The highest BCUT2D eigenvalue weighted by molar-refractivity contribution is 5.82. The monoisotopic (exact) mass is 505 g/mol. The molecule has 8 nitrogen and oxygen atoms in total. The summed E-state index contributed by atoms with van der Waals surface area (Å²) >= 11 is 0. The Morgan fingerprint density at radius 1 is 1.08 bits per heavy atom. The number of nitrogens with zero attached hydrogens (tertiary/aromatic N) is 2. The van der Waals surface area contributed by atoms with Crippen molar-refractivity contribution in [1.29, 1.82) is 0 Å². The van der Waals surface area contributed by atoms with Crippen LogP contribution in [0.1, 0.15) is 55.5 Å². The van der Waals surface area contributed by atoms with E-state index in [0.717, 1.165) is 22.3 Å². The fraction of sp³-hybridized carbons (Fsp3) is 0.379. The summed E-state index contributed by atoms with van der Waals surface area (Å²) in [6.45, 7) is 7.80. The minimum atomic E-state index is -0.735. The molecule has 2 atom stereocenters. The lowest BCUT2D eigenvalue weighted by atomic mass is 9.96. The fourth-order valence-electron chi connectivity index (χ4n) is 4.38. The van der Waals surface area contributed by atoms with Gasteiger partial charge in [0, 0.05) is 35.8 Å². The summed E-state index contributed by atoms with van der Waals surface area (Å²) < 4.78 is 11.9. The van der Waals surface area contributed by atoms with Gasteiger partial charge < -0.3 is 19.4 Å². The number of aryl methyl sites for hydroxylation is 2. The molecule has 8 heteroatoms. The number of nitrogens with one attached hydrogen (secondary N) is 1. The van der Waals surface area contributed by atoms with Crippen LogP contribution in [0.2, 0.25) is 0 Å². The lowest BCUT2D eigenvalue weighted by Crippen LogP contribution is -2.40. The Hall–Kier alpha value is -3.94. The zero-order chi connectivity index (χ0) is 27.1. The Labute approximate surface area is 217 Å². The number of hydrogen-bond donors (Lipinski definition) is 1. The van der Waals surface area contributed by atoms with Crippen LogP contribution in [0.25, 0.3) is 11.1 Å². The Morgan fingerprint density at radius 3 is 2.49 bits per heavy atom. The number of amides is 1. The standard InChI is InChI=1S/C29H35N3O5/c1-18(2)12-24(32-11-10-19(3)13-26(32)33)29(35)31-23(15-27(34)37-6)21-14-22(17-30-16-21)28-20(4)8-7-9-25(28)36-5/h7-11,13-14,16-18,23-24H,12,15H2,1-6H3,(H,31,35)/t23-,24?/m0/s1. The van der Waals surface area contributed by atoms with Crippen molar-refractivity contribution in [2.75, 3.05) is 14.2 Å². The van der Waals surface area contributed by atoms with Crippen LogP contribution in [-0.2, 0) is 14.3 Å². The summed E-state index contributed by atoms with van der Waals surface area (Å²) in [6.07, 6.45) is 5.36. The summed E-state index contributed by atoms with van der Waals surface area (Å²) in [7, 11) is 2.92. The van der Waals surface area contributed by atoms with E-state index in [1.807, 2.05) is 52.0 Å². The van der Waals surface area contributed by atoms with Gasteiger partial charge in [-0.25, -0.2) is 0 Å². The van der Waals surface area contributed by atoms with Gasteiger partial charge in [-0.05, 0) is 61.1 Å². The Bertz CT molecular complexity index is 1310. The number of rotatable bonds is 10. The largest absolute Gasteiger partial charge is 0.496 e. The Morgan fingerprint density at radius 2 is 1.84 bits per heavy atom. The van der Waals surface area contributed by atoms with E-state index < -0.39 is 18.1 Å². The van der Waals surface area contributed by atoms with E-state index in [4.69, 9.17) is 9.47 Å². The van der Waals surface area contributed by atoms with Gasteiger partial charge in [-0.1, -0.05) is 26.0 Å². The molecule has 0 radical (unpaired) electrons. The minimum absolute atomic E-state index is 0.0878. The lowest BCUT2D eigenvalue weighted by Gasteiger charge is -2.25. The third kappa shape index (κ3) is 6.84. The molecule has 0 saturated carbocycles. The third-order valence-electron chi connectivity index (χ3n) is 6.26. The molecule has 37 heavy (non-hydrogen) atoms. The highest BCUT2D eigenvalue weighted by Gasteiger charge is 2.27. The highest BCUT2D eigenvalue weighted by Crippen LogP contribution is 2.34. The maximum atomic E-state index is 13.6. The average Bonchev–Trinajstić information content (AvgIpc) is 2.86. The molecule has 0 aliphatic heterocycles. The van der Waals surface area contributed by atoms with Gasteiger partial charge in [-0.2, -0.15) is 0 Å². The van der Waals surface area contributed by atoms with Crippen LogP contribution in [0, 0.1) is 19.8 Å². The van der Waals surface area contributed by atoms with Gasteiger partial charge in [-0.3, -0.25) is 19.4 Å². The van der Waals surface area contributed by atoms with Gasteiger partial charge in [0.25, 0.3) is 5.56 Å². The predicted octanol–water partition coefficient (Wildman–Crippen LogP) is 4.54. The van der Waals surface area contributed by atoms with Gasteiger partial charge in [0.15, 0.2) is 0 Å². The molecule has 196 valence electrons. The van der Waals surface area contributed by atoms with Crippen molar-refractivity contribution in [3.8, 4) is 16.9 Å². The molecule has 1 unspecified atom stereocenters. The first-order valence-corrected chi connectivity index (χ1v) is 12.3. The number of esters is 1. The fourth-order valence-corrected chi connectivity index (χ4v) is 4.38. The van der Waals surface area contributed by atoms with Crippen LogP contribution < -0.4 is 15.6 Å². The van der Waals surface area contributed by atoms with Crippen molar-refractivity contribution in [2.45, 2.75) is 52.6 Å². The quantitative estimate of drug-likeness (QED) is 0.406.